The Bertz CT molecular complexity index is 692. The summed E-state index contributed by atoms with van der Waals surface area (Å²) >= 11 is 0. The maximum atomic E-state index is 10.9. The van der Waals surface area contributed by atoms with Crippen LogP contribution in [0.15, 0.2) is 12.2 Å². The molecule has 1 heterocycles. The summed E-state index contributed by atoms with van der Waals surface area (Å²) in [7, 11) is 0. The Kier molecular flexibility index (Phi) is 29.8. The number of aliphatic hydroxyl groups excluding tert-OH is 5. The molecule has 6 atom stereocenters. The van der Waals surface area contributed by atoms with Gasteiger partial charge in [-0.25, -0.2) is 0 Å². The molecule has 1 fully saturated rings. The Hall–Kier alpha value is -0.540. The maximum absolute atomic E-state index is 10.9. The average Bonchev–Trinajstić information content (AvgIpc) is 3.08. The molecule has 0 spiro atoms. The summed E-state index contributed by atoms with van der Waals surface area (Å²) in [6, 6.07) is 0.0941. The van der Waals surface area contributed by atoms with E-state index in [1.807, 2.05) is 4.90 Å². The number of ether oxygens (including phenoxy) is 1. The van der Waals surface area contributed by atoms with Crippen LogP contribution in [0, 0.1) is 0 Å². The van der Waals surface area contributed by atoms with Gasteiger partial charge in [0, 0.05) is 12.6 Å². The molecule has 0 saturated carbocycles. The van der Waals surface area contributed by atoms with E-state index in [4.69, 9.17) is 4.74 Å². The van der Waals surface area contributed by atoms with Gasteiger partial charge in [0.2, 0.25) is 0 Å². The summed E-state index contributed by atoms with van der Waals surface area (Å²) in [5, 5.41) is 51.5. The van der Waals surface area contributed by atoms with Crippen LogP contribution in [0.25, 0.3) is 0 Å². The first-order chi connectivity index (χ1) is 23.0. The number of rotatable bonds is 33. The zero-order valence-corrected chi connectivity index (χ0v) is 30.9. The van der Waals surface area contributed by atoms with Crippen molar-refractivity contribution in [1.29, 1.82) is 0 Å². The van der Waals surface area contributed by atoms with Crippen LogP contribution in [-0.4, -0.2) is 86.9 Å². The van der Waals surface area contributed by atoms with E-state index in [1.54, 1.807) is 0 Å². The second-order valence-corrected chi connectivity index (χ2v) is 14.4. The van der Waals surface area contributed by atoms with Crippen molar-refractivity contribution < 1.29 is 30.3 Å². The van der Waals surface area contributed by atoms with Crippen molar-refractivity contribution in [3.05, 3.63) is 12.2 Å². The van der Waals surface area contributed by atoms with Gasteiger partial charge in [0.1, 0.15) is 30.6 Å². The molecule has 47 heavy (non-hydrogen) atoms. The van der Waals surface area contributed by atoms with Crippen molar-refractivity contribution in [3.63, 3.8) is 0 Å². The Morgan fingerprint density at radius 1 is 0.532 bits per heavy atom. The normalized spacial score (nSPS) is 22.5. The first-order valence-electron chi connectivity index (χ1n) is 20.3. The molecule has 1 aliphatic heterocycles. The second-order valence-electron chi connectivity index (χ2n) is 14.4. The predicted molar refractivity (Wildman–Crippen MR) is 196 cm³/mol. The van der Waals surface area contributed by atoms with Crippen LogP contribution in [0.2, 0.25) is 0 Å². The first kappa shape index (κ1) is 44.5. The lowest BCUT2D eigenvalue weighted by Crippen LogP contribution is -2.65. The van der Waals surface area contributed by atoms with Gasteiger partial charge in [-0.05, 0) is 38.5 Å². The number of unbranched alkanes of at least 4 members (excludes halogenated alkanes) is 22. The maximum Gasteiger partial charge on any atom is 0.140 e. The van der Waals surface area contributed by atoms with Gasteiger partial charge in [0.05, 0.1) is 13.2 Å². The van der Waals surface area contributed by atoms with Gasteiger partial charge in [-0.3, -0.25) is 4.90 Å². The molecule has 0 aromatic heterocycles. The van der Waals surface area contributed by atoms with Gasteiger partial charge in [-0.2, -0.15) is 0 Å². The highest BCUT2D eigenvalue weighted by Crippen LogP contribution is 2.28. The summed E-state index contributed by atoms with van der Waals surface area (Å²) in [4.78, 5) is 2.00. The molecule has 280 valence electrons. The average molecular weight is 670 g/mol. The molecule has 1 aliphatic rings. The van der Waals surface area contributed by atoms with E-state index in [-0.39, 0.29) is 12.6 Å². The Morgan fingerprint density at radius 3 is 1.34 bits per heavy atom. The minimum atomic E-state index is -1.40. The van der Waals surface area contributed by atoms with E-state index in [9.17, 15) is 25.5 Å². The van der Waals surface area contributed by atoms with Crippen LogP contribution in [0.4, 0.5) is 0 Å². The van der Waals surface area contributed by atoms with Crippen LogP contribution < -0.4 is 0 Å². The van der Waals surface area contributed by atoms with Crippen LogP contribution in [0.1, 0.15) is 187 Å². The molecule has 0 aromatic rings. The topological polar surface area (TPSA) is 114 Å². The molecular formula is C40H79NO6. The van der Waals surface area contributed by atoms with Gasteiger partial charge in [-0.1, -0.05) is 161 Å². The molecule has 0 aromatic carbocycles. The first-order valence-corrected chi connectivity index (χ1v) is 20.3. The Morgan fingerprint density at radius 2 is 0.936 bits per heavy atom. The van der Waals surface area contributed by atoms with Crippen LogP contribution >= 0.6 is 0 Å². The molecule has 7 heteroatoms. The summed E-state index contributed by atoms with van der Waals surface area (Å²) in [6.07, 6.45) is 32.7. The molecule has 1 rings (SSSR count). The molecule has 1 saturated heterocycles. The lowest BCUT2D eigenvalue weighted by molar-refractivity contribution is -0.271. The van der Waals surface area contributed by atoms with Crippen molar-refractivity contribution in [2.24, 2.45) is 0 Å². The number of hydrogen-bond acceptors (Lipinski definition) is 7. The number of hydrogen-bond donors (Lipinski definition) is 5. The summed E-state index contributed by atoms with van der Waals surface area (Å²) in [5.41, 5.74) is 0. The molecular weight excluding hydrogens is 590 g/mol. The largest absolute Gasteiger partial charge is 0.395 e. The van der Waals surface area contributed by atoms with Crippen LogP contribution in [0.5, 0.6) is 0 Å². The van der Waals surface area contributed by atoms with E-state index >= 15 is 0 Å². The van der Waals surface area contributed by atoms with Crippen LogP contribution in [0.3, 0.4) is 0 Å². The predicted octanol–water partition coefficient (Wildman–Crippen LogP) is 8.58. The molecule has 0 bridgehead atoms. The molecule has 1 unspecified atom stereocenters. The Balaban J connectivity index is 2.50. The fraction of sp³-hybridized carbons (Fsp3) is 0.950. The lowest BCUT2D eigenvalue weighted by atomic mass is 9.94. The summed E-state index contributed by atoms with van der Waals surface area (Å²) in [5.74, 6) is 0. The molecule has 0 amide bonds. The van der Waals surface area contributed by atoms with Crippen molar-refractivity contribution >= 4 is 0 Å². The molecule has 5 N–H and O–H groups in total. The van der Waals surface area contributed by atoms with Crippen molar-refractivity contribution in [2.45, 2.75) is 224 Å². The van der Waals surface area contributed by atoms with Crippen LogP contribution in [-0.2, 0) is 4.74 Å². The fourth-order valence-corrected chi connectivity index (χ4v) is 7.14. The number of allylic oxidation sites excluding steroid dienone is 2. The van der Waals surface area contributed by atoms with E-state index in [0.717, 1.165) is 32.1 Å². The minimum Gasteiger partial charge on any atom is -0.395 e. The van der Waals surface area contributed by atoms with Gasteiger partial charge >= 0.3 is 0 Å². The molecule has 7 nitrogen and oxygen atoms in total. The van der Waals surface area contributed by atoms with Gasteiger partial charge in [0.15, 0.2) is 0 Å². The highest BCUT2D eigenvalue weighted by atomic mass is 16.6. The third kappa shape index (κ3) is 21.3. The van der Waals surface area contributed by atoms with Gasteiger partial charge < -0.3 is 30.3 Å². The zero-order chi connectivity index (χ0) is 34.4. The smallest absolute Gasteiger partial charge is 0.140 e. The van der Waals surface area contributed by atoms with Gasteiger partial charge in [0.25, 0.3) is 0 Å². The quantitative estimate of drug-likeness (QED) is 0.0351. The van der Waals surface area contributed by atoms with Crippen molar-refractivity contribution in [2.75, 3.05) is 19.8 Å². The number of aliphatic hydroxyl groups is 5. The minimum absolute atomic E-state index is 0.0870. The lowest BCUT2D eigenvalue weighted by Gasteiger charge is -2.47. The Labute approximate surface area is 290 Å². The van der Waals surface area contributed by atoms with Crippen molar-refractivity contribution in [3.8, 4) is 0 Å². The monoisotopic (exact) mass is 670 g/mol. The standard InChI is InChI=1S/C40H79NO6/c1-3-5-7-9-11-13-15-17-18-19-21-23-25-27-29-31-35(30-28-26-24-22-20-16-14-12-10-8-6-4-2)41(32-33-42)40-39(46)38(45)37(44)36(34-43)47-40/h17-18,35-40,42-46H,3-16,19-34H2,1-2H3/b18-17-/t35?,36-,37-,38+,39-,40-/m1/s1. The van der Waals surface area contributed by atoms with Gasteiger partial charge in [-0.15, -0.1) is 0 Å². The van der Waals surface area contributed by atoms with E-state index < -0.39 is 37.3 Å². The molecule has 0 aliphatic carbocycles. The highest BCUT2D eigenvalue weighted by Gasteiger charge is 2.46. The third-order valence-electron chi connectivity index (χ3n) is 10.2. The van der Waals surface area contributed by atoms with E-state index in [1.165, 1.54) is 141 Å². The van der Waals surface area contributed by atoms with E-state index in [2.05, 4.69) is 26.0 Å². The van der Waals surface area contributed by atoms with E-state index in [0.29, 0.717) is 6.54 Å². The highest BCUT2D eigenvalue weighted by molar-refractivity contribution is 4.93. The zero-order valence-electron chi connectivity index (χ0n) is 30.9. The second kappa shape index (κ2) is 31.4. The SMILES string of the molecule is CCCCCCCC/C=C\CCCCCCCC(CCCCCCCCCCCCCC)N(CCO)[C@@H]1O[C@H](CO)[C@@H](O)[C@H](O)[C@H]1O. The molecule has 0 radical (unpaired) electrons. The summed E-state index contributed by atoms with van der Waals surface area (Å²) < 4.78 is 5.97. The third-order valence-corrected chi connectivity index (χ3v) is 10.2. The fourth-order valence-electron chi connectivity index (χ4n) is 7.14. The number of nitrogens with zero attached hydrogens (tertiary/aromatic N) is 1. The summed E-state index contributed by atoms with van der Waals surface area (Å²) in [6.45, 7) is 4.32. The van der Waals surface area contributed by atoms with Crippen molar-refractivity contribution in [1.82, 2.24) is 4.90 Å².